The average molecular weight is 294 g/mol. The van der Waals surface area contributed by atoms with Gasteiger partial charge in [-0.05, 0) is 29.3 Å². The minimum atomic E-state index is -0.0551. The predicted octanol–water partition coefficient (Wildman–Crippen LogP) is 4.18. The largest absolute Gasteiger partial charge is 0.454 e. The molecule has 0 N–H and O–H groups in total. The molecule has 0 amide bonds. The molecule has 0 spiro atoms. The van der Waals surface area contributed by atoms with Gasteiger partial charge in [0, 0.05) is 11.5 Å². The highest BCUT2D eigenvalue weighted by Crippen LogP contribution is 2.34. The Morgan fingerprint density at radius 3 is 2.50 bits per heavy atom. The topological polar surface area (TPSA) is 35.5 Å². The van der Waals surface area contributed by atoms with Crippen molar-refractivity contribution in [1.29, 1.82) is 0 Å². The van der Waals surface area contributed by atoms with Crippen molar-refractivity contribution < 1.29 is 14.3 Å². The monoisotopic (exact) mass is 294 g/mol. The molecule has 22 heavy (non-hydrogen) atoms. The molecular formula is C19H18O3. The highest BCUT2D eigenvalue weighted by Gasteiger charge is 2.17. The van der Waals surface area contributed by atoms with Gasteiger partial charge in [-0.2, -0.15) is 0 Å². The van der Waals surface area contributed by atoms with E-state index in [-0.39, 0.29) is 18.5 Å². The number of fused-ring (bicyclic) bond motifs is 1. The molecule has 0 saturated carbocycles. The van der Waals surface area contributed by atoms with Crippen LogP contribution < -0.4 is 9.47 Å². The third kappa shape index (κ3) is 2.89. The third-order valence-corrected chi connectivity index (χ3v) is 3.58. The number of benzene rings is 2. The van der Waals surface area contributed by atoms with Gasteiger partial charge in [0.2, 0.25) is 6.79 Å². The maximum Gasteiger partial charge on any atom is 0.231 e. The van der Waals surface area contributed by atoms with Crippen LogP contribution in [0.3, 0.4) is 0 Å². The van der Waals surface area contributed by atoms with Crippen LogP contribution in [0.4, 0.5) is 0 Å². The number of ketones is 1. The Morgan fingerprint density at radius 2 is 1.77 bits per heavy atom. The lowest BCUT2D eigenvalue weighted by Crippen LogP contribution is -2.09. The predicted molar refractivity (Wildman–Crippen MR) is 86.7 cm³/mol. The number of rotatable bonds is 4. The number of ether oxygens (including phenoxy) is 2. The quantitative estimate of drug-likeness (QED) is 0.627. The van der Waals surface area contributed by atoms with Gasteiger partial charge in [-0.15, -0.1) is 0 Å². The van der Waals surface area contributed by atoms with Gasteiger partial charge in [-0.1, -0.05) is 50.2 Å². The molecule has 0 bridgehead atoms. The lowest BCUT2D eigenvalue weighted by molar-refractivity contribution is -0.116. The van der Waals surface area contributed by atoms with Gasteiger partial charge in [-0.25, -0.2) is 0 Å². The molecule has 2 aromatic rings. The summed E-state index contributed by atoms with van der Waals surface area (Å²) >= 11 is 0. The van der Waals surface area contributed by atoms with E-state index >= 15 is 0 Å². The standard InChI is InChI=1S/C19H18O3/c1-13(2)19(20)16(15-6-4-3-5-7-15)10-14-8-9-17-18(11-14)22-12-21-17/h3-11,13H,12H2,1-2H3/b16-10+. The Kier molecular flexibility index (Phi) is 3.96. The van der Waals surface area contributed by atoms with Gasteiger partial charge in [0.25, 0.3) is 0 Å². The van der Waals surface area contributed by atoms with E-state index in [1.165, 1.54) is 0 Å². The molecule has 0 radical (unpaired) electrons. The van der Waals surface area contributed by atoms with Crippen LogP contribution in [0.1, 0.15) is 25.0 Å². The number of carbonyl (C=O) groups is 1. The highest BCUT2D eigenvalue weighted by atomic mass is 16.7. The van der Waals surface area contributed by atoms with Crippen LogP contribution in [-0.2, 0) is 4.79 Å². The van der Waals surface area contributed by atoms with Crippen molar-refractivity contribution in [2.45, 2.75) is 13.8 Å². The Bertz CT molecular complexity index is 715. The lowest BCUT2D eigenvalue weighted by Gasteiger charge is -2.10. The summed E-state index contributed by atoms with van der Waals surface area (Å²) in [5.74, 6) is 1.54. The summed E-state index contributed by atoms with van der Waals surface area (Å²) in [6, 6.07) is 15.5. The van der Waals surface area contributed by atoms with E-state index in [0.29, 0.717) is 0 Å². The summed E-state index contributed by atoms with van der Waals surface area (Å²) in [6.45, 7) is 4.08. The zero-order valence-electron chi connectivity index (χ0n) is 12.7. The van der Waals surface area contributed by atoms with Crippen molar-refractivity contribution in [3.05, 3.63) is 59.7 Å². The number of hydrogen-bond acceptors (Lipinski definition) is 3. The fourth-order valence-corrected chi connectivity index (χ4v) is 2.40. The van der Waals surface area contributed by atoms with Crippen LogP contribution in [0.2, 0.25) is 0 Å². The second-order valence-corrected chi connectivity index (χ2v) is 5.56. The molecule has 2 aromatic carbocycles. The number of carbonyl (C=O) groups excluding carboxylic acids is 1. The zero-order valence-corrected chi connectivity index (χ0v) is 12.7. The second-order valence-electron chi connectivity index (χ2n) is 5.56. The molecule has 1 aliphatic rings. The summed E-state index contributed by atoms with van der Waals surface area (Å²) in [6.07, 6.45) is 1.92. The van der Waals surface area contributed by atoms with Crippen LogP contribution in [0.15, 0.2) is 48.5 Å². The number of hydrogen-bond donors (Lipinski definition) is 0. The van der Waals surface area contributed by atoms with E-state index in [1.54, 1.807) is 0 Å². The van der Waals surface area contributed by atoms with Crippen molar-refractivity contribution >= 4 is 17.4 Å². The molecule has 1 aliphatic heterocycles. The van der Waals surface area contributed by atoms with Gasteiger partial charge in [0.15, 0.2) is 17.3 Å². The second kappa shape index (κ2) is 6.06. The molecule has 0 aliphatic carbocycles. The third-order valence-electron chi connectivity index (χ3n) is 3.58. The van der Waals surface area contributed by atoms with E-state index < -0.39 is 0 Å². The fourth-order valence-electron chi connectivity index (χ4n) is 2.40. The number of allylic oxidation sites excluding steroid dienone is 1. The molecule has 1 heterocycles. The van der Waals surface area contributed by atoms with Gasteiger partial charge >= 0.3 is 0 Å². The SMILES string of the molecule is CC(C)C(=O)/C(=C/c1ccc2c(c1)OCO2)c1ccccc1. The van der Waals surface area contributed by atoms with Crippen molar-refractivity contribution in [2.24, 2.45) is 5.92 Å². The van der Waals surface area contributed by atoms with E-state index in [0.717, 1.165) is 28.2 Å². The zero-order chi connectivity index (χ0) is 15.5. The molecule has 0 saturated heterocycles. The van der Waals surface area contributed by atoms with Crippen molar-refractivity contribution in [2.75, 3.05) is 6.79 Å². The lowest BCUT2D eigenvalue weighted by atomic mass is 9.93. The van der Waals surface area contributed by atoms with E-state index in [2.05, 4.69) is 0 Å². The summed E-state index contributed by atoms with van der Waals surface area (Å²) in [4.78, 5) is 12.6. The van der Waals surface area contributed by atoms with Crippen LogP contribution in [0.5, 0.6) is 11.5 Å². The molecule has 0 unspecified atom stereocenters. The first-order chi connectivity index (χ1) is 10.6. The first-order valence-electron chi connectivity index (χ1n) is 7.36. The summed E-state index contributed by atoms with van der Waals surface area (Å²) in [7, 11) is 0. The van der Waals surface area contributed by atoms with Crippen molar-refractivity contribution in [3.63, 3.8) is 0 Å². The first kappa shape index (κ1) is 14.4. The van der Waals surface area contributed by atoms with E-state index in [4.69, 9.17) is 9.47 Å². The fraction of sp³-hybridized carbons (Fsp3) is 0.211. The molecule has 0 fully saturated rings. The molecule has 3 nitrogen and oxygen atoms in total. The van der Waals surface area contributed by atoms with Gasteiger partial charge in [0.05, 0.1) is 0 Å². The van der Waals surface area contributed by atoms with Crippen LogP contribution in [0.25, 0.3) is 11.6 Å². The normalized spacial score (nSPS) is 13.5. The summed E-state index contributed by atoms with van der Waals surface area (Å²) in [5, 5.41) is 0. The number of Topliss-reactive ketones (excluding diaryl/α,β-unsaturated/α-hetero) is 1. The minimum absolute atomic E-state index is 0.0551. The summed E-state index contributed by atoms with van der Waals surface area (Å²) < 4.78 is 10.7. The Morgan fingerprint density at radius 1 is 1.05 bits per heavy atom. The van der Waals surface area contributed by atoms with Crippen LogP contribution in [0, 0.1) is 5.92 Å². The maximum atomic E-state index is 12.6. The summed E-state index contributed by atoms with van der Waals surface area (Å²) in [5.41, 5.74) is 2.57. The van der Waals surface area contributed by atoms with Crippen molar-refractivity contribution in [3.8, 4) is 11.5 Å². The molecule has 0 aromatic heterocycles. The molecular weight excluding hydrogens is 276 g/mol. The van der Waals surface area contributed by atoms with Gasteiger partial charge in [0.1, 0.15) is 0 Å². The van der Waals surface area contributed by atoms with Crippen molar-refractivity contribution in [1.82, 2.24) is 0 Å². The Labute approximate surface area is 130 Å². The maximum absolute atomic E-state index is 12.6. The van der Waals surface area contributed by atoms with Gasteiger partial charge in [-0.3, -0.25) is 4.79 Å². The smallest absolute Gasteiger partial charge is 0.231 e. The molecule has 0 atom stereocenters. The highest BCUT2D eigenvalue weighted by molar-refractivity contribution is 6.25. The molecule has 3 heteroatoms. The Balaban J connectivity index is 2.03. The van der Waals surface area contributed by atoms with Crippen LogP contribution in [-0.4, -0.2) is 12.6 Å². The van der Waals surface area contributed by atoms with E-state index in [9.17, 15) is 4.79 Å². The minimum Gasteiger partial charge on any atom is -0.454 e. The molecule has 112 valence electrons. The average Bonchev–Trinajstić information content (AvgIpc) is 3.00. The van der Waals surface area contributed by atoms with Crippen LogP contribution >= 0.6 is 0 Å². The Hall–Kier alpha value is -2.55. The van der Waals surface area contributed by atoms with E-state index in [1.807, 2.05) is 68.5 Å². The van der Waals surface area contributed by atoms with Gasteiger partial charge < -0.3 is 9.47 Å². The molecule has 3 rings (SSSR count). The first-order valence-corrected chi connectivity index (χ1v) is 7.36.